The predicted molar refractivity (Wildman–Crippen MR) is 142 cm³/mol. The van der Waals surface area contributed by atoms with Crippen LogP contribution in [0.1, 0.15) is 51.5 Å². The van der Waals surface area contributed by atoms with Gasteiger partial charge in [0.2, 0.25) is 0 Å². The van der Waals surface area contributed by atoms with Gasteiger partial charge in [-0.05, 0) is 47.2 Å². The summed E-state index contributed by atoms with van der Waals surface area (Å²) in [5, 5.41) is 50.8. The van der Waals surface area contributed by atoms with Gasteiger partial charge in [0.15, 0.2) is 17.6 Å². The summed E-state index contributed by atoms with van der Waals surface area (Å²) in [7, 11) is 0. The van der Waals surface area contributed by atoms with Gasteiger partial charge >= 0.3 is 5.97 Å². The molecular formula is C31H37NO7. The zero-order chi connectivity index (χ0) is 28.1. The van der Waals surface area contributed by atoms with Crippen LogP contribution in [-0.2, 0) is 4.74 Å². The number of benzene rings is 1. The first-order valence-electron chi connectivity index (χ1n) is 13.7. The molecule has 8 nitrogen and oxygen atoms in total. The predicted octanol–water partition coefficient (Wildman–Crippen LogP) is 3.52. The van der Waals surface area contributed by atoms with Gasteiger partial charge in [0, 0.05) is 17.5 Å². The summed E-state index contributed by atoms with van der Waals surface area (Å²) >= 11 is 0. The van der Waals surface area contributed by atoms with E-state index in [9.17, 15) is 25.2 Å². The Morgan fingerprint density at radius 3 is 2.54 bits per heavy atom. The molecule has 0 aliphatic heterocycles. The first-order chi connectivity index (χ1) is 18.4. The van der Waals surface area contributed by atoms with Gasteiger partial charge in [0.05, 0.1) is 18.1 Å². The van der Waals surface area contributed by atoms with Crippen LogP contribution in [0.5, 0.6) is 0 Å². The average molecular weight is 536 g/mol. The van der Waals surface area contributed by atoms with Crippen LogP contribution in [0.3, 0.4) is 0 Å². The van der Waals surface area contributed by atoms with Crippen molar-refractivity contribution in [3.63, 3.8) is 0 Å². The third-order valence-corrected chi connectivity index (χ3v) is 11.1. The Morgan fingerprint density at radius 2 is 1.87 bits per heavy atom. The highest BCUT2D eigenvalue weighted by molar-refractivity contribution is 5.88. The number of aromatic nitrogens is 1. The molecule has 2 saturated carbocycles. The van der Waals surface area contributed by atoms with E-state index in [4.69, 9.17) is 9.26 Å². The van der Waals surface area contributed by atoms with Crippen LogP contribution in [0.25, 0.3) is 11.3 Å². The molecule has 6 rings (SSSR count). The van der Waals surface area contributed by atoms with Gasteiger partial charge in [0.1, 0.15) is 11.7 Å². The normalized spacial score (nSPS) is 41.9. The van der Waals surface area contributed by atoms with Crippen LogP contribution in [-0.4, -0.2) is 62.1 Å². The molecule has 4 aliphatic carbocycles. The molecule has 0 radical (unpaired) electrons. The van der Waals surface area contributed by atoms with Gasteiger partial charge in [-0.15, -0.1) is 0 Å². The number of carbonyl (C=O) groups excluding carboxylic acids is 1. The van der Waals surface area contributed by atoms with E-state index in [1.54, 1.807) is 13.0 Å². The molecule has 9 unspecified atom stereocenters. The van der Waals surface area contributed by atoms with Crippen molar-refractivity contribution < 1.29 is 34.5 Å². The fourth-order valence-corrected chi connectivity index (χ4v) is 8.65. The molecule has 208 valence electrons. The van der Waals surface area contributed by atoms with E-state index in [0.717, 1.165) is 12.0 Å². The highest BCUT2D eigenvalue weighted by Gasteiger charge is 2.80. The molecule has 2 fully saturated rings. The van der Waals surface area contributed by atoms with Crippen LogP contribution in [0.15, 0.2) is 64.2 Å². The minimum atomic E-state index is -2.11. The lowest BCUT2D eigenvalue weighted by atomic mass is 9.57. The topological polar surface area (TPSA) is 133 Å². The molecule has 2 aromatic rings. The lowest BCUT2D eigenvalue weighted by molar-refractivity contribution is -0.216. The second-order valence-electron chi connectivity index (χ2n) is 12.8. The monoisotopic (exact) mass is 535 g/mol. The molecule has 1 aromatic carbocycles. The molecular weight excluding hydrogens is 498 g/mol. The van der Waals surface area contributed by atoms with Crippen LogP contribution < -0.4 is 0 Å². The van der Waals surface area contributed by atoms with Gasteiger partial charge in [-0.3, -0.25) is 0 Å². The molecule has 0 amide bonds. The maximum Gasteiger partial charge on any atom is 0.361 e. The molecule has 0 saturated heterocycles. The second kappa shape index (κ2) is 8.36. The Hall–Kier alpha value is -2.78. The first kappa shape index (κ1) is 26.4. The molecule has 2 bridgehead atoms. The van der Waals surface area contributed by atoms with Gasteiger partial charge in [-0.25, -0.2) is 4.79 Å². The number of fused-ring (bicyclic) bond motifs is 3. The lowest BCUT2D eigenvalue weighted by Crippen LogP contribution is -2.67. The summed E-state index contributed by atoms with van der Waals surface area (Å²) in [5.41, 5.74) is -2.37. The van der Waals surface area contributed by atoms with Crippen molar-refractivity contribution in [3.05, 3.63) is 65.4 Å². The Labute approximate surface area is 228 Å². The van der Waals surface area contributed by atoms with Crippen molar-refractivity contribution in [3.8, 4) is 11.3 Å². The van der Waals surface area contributed by atoms with Crippen molar-refractivity contribution in [1.82, 2.24) is 5.16 Å². The Kier molecular flexibility index (Phi) is 5.67. The number of carbonyl (C=O) groups is 1. The largest absolute Gasteiger partial charge is 0.450 e. The van der Waals surface area contributed by atoms with E-state index < -0.39 is 47.8 Å². The third-order valence-electron chi connectivity index (χ3n) is 11.1. The maximum absolute atomic E-state index is 13.4. The zero-order valence-electron chi connectivity index (χ0n) is 23.0. The number of rotatable bonds is 4. The molecule has 39 heavy (non-hydrogen) atoms. The van der Waals surface area contributed by atoms with Crippen molar-refractivity contribution in [2.24, 2.45) is 34.0 Å². The SMILES string of the molecule is CC1=CC23C(C)CC4C(C)(C)C4(C)C(C=C(CO)C(O)C2(O)C1OC(=O)c1cc(-c2ccccc2)on1)C3O. The summed E-state index contributed by atoms with van der Waals surface area (Å²) in [6, 6.07) is 10.7. The number of hydrogen-bond donors (Lipinski definition) is 4. The van der Waals surface area contributed by atoms with Gasteiger partial charge < -0.3 is 29.7 Å². The summed E-state index contributed by atoms with van der Waals surface area (Å²) in [5.74, 6) is -0.835. The van der Waals surface area contributed by atoms with E-state index in [-0.39, 0.29) is 33.9 Å². The smallest absolute Gasteiger partial charge is 0.361 e. The van der Waals surface area contributed by atoms with Crippen LogP contribution in [0.4, 0.5) is 0 Å². The minimum absolute atomic E-state index is 0.0639. The summed E-state index contributed by atoms with van der Waals surface area (Å²) in [4.78, 5) is 13.4. The quantitative estimate of drug-likeness (QED) is 0.345. The molecule has 1 heterocycles. The number of nitrogens with zero attached hydrogens (tertiary/aromatic N) is 1. The van der Waals surface area contributed by atoms with E-state index in [1.807, 2.05) is 43.3 Å². The van der Waals surface area contributed by atoms with Crippen molar-refractivity contribution in [2.75, 3.05) is 6.61 Å². The van der Waals surface area contributed by atoms with E-state index in [2.05, 4.69) is 25.9 Å². The van der Waals surface area contributed by atoms with Crippen LogP contribution in [0.2, 0.25) is 0 Å². The summed E-state index contributed by atoms with van der Waals surface area (Å²) in [6.07, 6.45) is 0.363. The lowest BCUT2D eigenvalue weighted by Gasteiger charge is -2.52. The maximum atomic E-state index is 13.4. The zero-order valence-corrected chi connectivity index (χ0v) is 23.0. The van der Waals surface area contributed by atoms with Crippen molar-refractivity contribution >= 4 is 5.97 Å². The number of aliphatic hydroxyl groups is 4. The fraction of sp³-hybridized carbons (Fsp3) is 0.548. The average Bonchev–Trinajstić information content (AvgIpc) is 3.26. The molecule has 1 spiro atoms. The van der Waals surface area contributed by atoms with Crippen LogP contribution in [0, 0.1) is 34.0 Å². The number of hydrogen-bond acceptors (Lipinski definition) is 8. The van der Waals surface area contributed by atoms with Crippen molar-refractivity contribution in [1.29, 1.82) is 0 Å². The Balaban J connectivity index is 1.41. The minimum Gasteiger partial charge on any atom is -0.450 e. The Morgan fingerprint density at radius 1 is 1.18 bits per heavy atom. The molecule has 4 aliphatic rings. The van der Waals surface area contributed by atoms with E-state index in [1.165, 1.54) is 6.07 Å². The third kappa shape index (κ3) is 3.14. The van der Waals surface area contributed by atoms with E-state index in [0.29, 0.717) is 11.3 Å². The molecule has 4 N–H and O–H groups in total. The molecule has 1 aromatic heterocycles. The summed E-state index contributed by atoms with van der Waals surface area (Å²) < 4.78 is 11.3. The Bertz CT molecular complexity index is 1380. The number of aliphatic hydroxyl groups excluding tert-OH is 3. The van der Waals surface area contributed by atoms with Gasteiger partial charge in [0.25, 0.3) is 0 Å². The number of ether oxygens (including phenoxy) is 1. The highest BCUT2D eigenvalue weighted by atomic mass is 16.6. The van der Waals surface area contributed by atoms with Gasteiger partial charge in [-0.2, -0.15) is 0 Å². The van der Waals surface area contributed by atoms with E-state index >= 15 is 0 Å². The first-order valence-corrected chi connectivity index (χ1v) is 13.7. The highest BCUT2D eigenvalue weighted by Crippen LogP contribution is 2.79. The van der Waals surface area contributed by atoms with Gasteiger partial charge in [-0.1, -0.05) is 75.3 Å². The standard InChI is InChI=1S/C31H37NO7/c1-16-14-30-17(2)11-23-28(3,4)29(23,5)20(25(30)35)12-19(15-33)24(34)31(30,37)26(16)38-27(36)21-13-22(39-32-21)18-9-7-6-8-10-18/h6-10,12-14,17,20,23-26,33-35,37H,11,15H2,1-5H3. The molecule has 8 heteroatoms. The van der Waals surface area contributed by atoms with Crippen molar-refractivity contribution in [2.45, 2.75) is 65.0 Å². The fourth-order valence-electron chi connectivity index (χ4n) is 8.65. The molecule has 9 atom stereocenters. The summed E-state index contributed by atoms with van der Waals surface area (Å²) in [6.45, 7) is 9.76. The second-order valence-corrected chi connectivity index (χ2v) is 12.8. The van der Waals surface area contributed by atoms with Crippen LogP contribution >= 0.6 is 0 Å². The number of esters is 1.